The smallest absolute Gasteiger partial charge is 0.338 e. The largest absolute Gasteiger partial charge is 0.456 e. The third-order valence-electron chi connectivity index (χ3n) is 8.37. The van der Waals surface area contributed by atoms with Crippen LogP contribution in [-0.4, -0.2) is 38.1 Å². The molecule has 238 valence electrons. The van der Waals surface area contributed by atoms with E-state index in [1.807, 2.05) is 55.5 Å². The molecule has 0 N–H and O–H groups in total. The van der Waals surface area contributed by atoms with Gasteiger partial charge in [0.15, 0.2) is 16.1 Å². The molecule has 0 aliphatic carbocycles. The highest BCUT2D eigenvalue weighted by Crippen LogP contribution is 2.34. The second kappa shape index (κ2) is 17.5. The molecule has 3 aromatic carbocycles. The molecule has 1 heterocycles. The summed E-state index contributed by atoms with van der Waals surface area (Å²) in [6.07, 6.45) is 8.29. The first kappa shape index (κ1) is 33.9. The van der Waals surface area contributed by atoms with Crippen LogP contribution in [-0.2, 0) is 30.7 Å². The molecule has 3 aromatic rings. The number of aryl methyl sites for hydroxylation is 1. The normalized spacial score (nSPS) is 19.4. The summed E-state index contributed by atoms with van der Waals surface area (Å²) >= 11 is 0. The molecule has 1 fully saturated rings. The second-order valence-corrected chi connectivity index (χ2v) is 14.2. The van der Waals surface area contributed by atoms with Crippen molar-refractivity contribution in [3.8, 4) is 0 Å². The van der Waals surface area contributed by atoms with Crippen LogP contribution in [0.2, 0.25) is 0 Å². The first-order chi connectivity index (χ1) is 21.4. The van der Waals surface area contributed by atoms with Gasteiger partial charge in [-0.3, -0.25) is 0 Å². The van der Waals surface area contributed by atoms with Crippen molar-refractivity contribution in [3.63, 3.8) is 0 Å². The van der Waals surface area contributed by atoms with E-state index in [2.05, 4.69) is 6.92 Å². The van der Waals surface area contributed by atoms with Crippen LogP contribution in [0.15, 0.2) is 89.8 Å². The number of rotatable bonds is 17. The van der Waals surface area contributed by atoms with Crippen LogP contribution in [0, 0.1) is 6.92 Å². The number of ether oxygens (including phenoxy) is 3. The quantitative estimate of drug-likeness (QED) is 0.111. The van der Waals surface area contributed by atoms with Gasteiger partial charge in [-0.2, -0.15) is 0 Å². The highest BCUT2D eigenvalue weighted by molar-refractivity contribution is 7.92. The lowest BCUT2D eigenvalue weighted by Gasteiger charge is -2.38. The van der Waals surface area contributed by atoms with Gasteiger partial charge in [0.2, 0.25) is 0 Å². The highest BCUT2D eigenvalue weighted by Gasteiger charge is 2.42. The van der Waals surface area contributed by atoms with Crippen molar-refractivity contribution in [1.82, 2.24) is 0 Å². The van der Waals surface area contributed by atoms with E-state index < -0.39 is 39.6 Å². The fourth-order valence-electron chi connectivity index (χ4n) is 5.74. The van der Waals surface area contributed by atoms with E-state index in [9.17, 15) is 13.2 Å². The van der Waals surface area contributed by atoms with Crippen LogP contribution in [0.3, 0.4) is 0 Å². The number of unbranched alkanes of at least 4 members (excludes halogenated alkanes) is 7. The Hall–Kier alpha value is -3.00. The Balaban J connectivity index is 1.52. The Morgan fingerprint density at radius 1 is 0.818 bits per heavy atom. The predicted octanol–water partition coefficient (Wildman–Crippen LogP) is 8.62. The first-order valence-electron chi connectivity index (χ1n) is 16.2. The topological polar surface area (TPSA) is 78.9 Å². The van der Waals surface area contributed by atoms with Crippen molar-refractivity contribution >= 4 is 15.8 Å². The Morgan fingerprint density at radius 3 is 2.09 bits per heavy atom. The van der Waals surface area contributed by atoms with Crippen molar-refractivity contribution < 1.29 is 27.4 Å². The van der Waals surface area contributed by atoms with E-state index in [1.165, 1.54) is 32.1 Å². The third-order valence-corrected chi connectivity index (χ3v) is 10.6. The molecule has 0 bridgehead atoms. The van der Waals surface area contributed by atoms with Gasteiger partial charge in [-0.15, -0.1) is 0 Å². The average Bonchev–Trinajstić information content (AvgIpc) is 3.05. The molecule has 1 saturated heterocycles. The van der Waals surface area contributed by atoms with Gasteiger partial charge in [-0.25, -0.2) is 13.2 Å². The van der Waals surface area contributed by atoms with E-state index in [1.54, 1.807) is 36.4 Å². The summed E-state index contributed by atoms with van der Waals surface area (Å²) in [7, 11) is -3.68. The summed E-state index contributed by atoms with van der Waals surface area (Å²) < 4.78 is 46.6. The van der Waals surface area contributed by atoms with E-state index >= 15 is 0 Å². The summed E-state index contributed by atoms with van der Waals surface area (Å²) in [5.41, 5.74) is 2.43. The number of hydrogen-bond donors (Lipinski definition) is 0. The average molecular weight is 621 g/mol. The monoisotopic (exact) mass is 620 g/mol. The number of sulfone groups is 1. The Labute approximate surface area is 264 Å². The fraction of sp³-hybridized carbons (Fsp3) is 0.486. The zero-order valence-corrected chi connectivity index (χ0v) is 27.1. The van der Waals surface area contributed by atoms with E-state index in [4.69, 9.17) is 14.2 Å². The molecular weight excluding hydrogens is 572 g/mol. The SMILES string of the molecule is CCCCCCCCCCC(OC(=O)c1ccccc1)C1CC(S(=O)(=O)c2ccc(C)cc2)CC(OCc2ccccc2)O1. The molecule has 44 heavy (non-hydrogen) atoms. The van der Waals surface area contributed by atoms with E-state index in [0.29, 0.717) is 18.6 Å². The molecule has 4 unspecified atom stereocenters. The van der Waals surface area contributed by atoms with Gasteiger partial charge in [-0.05, 0) is 56.0 Å². The molecule has 0 amide bonds. The maximum absolute atomic E-state index is 13.9. The molecule has 4 atom stereocenters. The molecule has 1 aliphatic heterocycles. The number of esters is 1. The van der Waals surface area contributed by atoms with Gasteiger partial charge < -0.3 is 14.2 Å². The maximum Gasteiger partial charge on any atom is 0.338 e. The van der Waals surface area contributed by atoms with Crippen molar-refractivity contribution in [1.29, 1.82) is 0 Å². The fourth-order valence-corrected chi connectivity index (χ4v) is 7.49. The van der Waals surface area contributed by atoms with Crippen LogP contribution in [0.25, 0.3) is 0 Å². The first-order valence-corrected chi connectivity index (χ1v) is 17.8. The minimum absolute atomic E-state index is 0.205. The van der Waals surface area contributed by atoms with E-state index in [-0.39, 0.29) is 17.7 Å². The molecule has 0 aromatic heterocycles. The Kier molecular flexibility index (Phi) is 13.5. The van der Waals surface area contributed by atoms with Crippen LogP contribution in [0.4, 0.5) is 0 Å². The van der Waals surface area contributed by atoms with Crippen LogP contribution < -0.4 is 0 Å². The number of hydrogen-bond acceptors (Lipinski definition) is 6. The van der Waals surface area contributed by atoms with Gasteiger partial charge in [0, 0.05) is 6.42 Å². The van der Waals surface area contributed by atoms with Crippen molar-refractivity contribution in [2.24, 2.45) is 0 Å². The van der Waals surface area contributed by atoms with Gasteiger partial charge in [0.1, 0.15) is 6.10 Å². The molecular formula is C37H48O6S. The lowest BCUT2D eigenvalue weighted by molar-refractivity contribution is -0.218. The molecule has 0 spiro atoms. The van der Waals surface area contributed by atoms with Crippen LogP contribution >= 0.6 is 0 Å². The second-order valence-electron chi connectivity index (χ2n) is 11.9. The van der Waals surface area contributed by atoms with E-state index in [0.717, 1.165) is 30.4 Å². The van der Waals surface area contributed by atoms with Gasteiger partial charge >= 0.3 is 5.97 Å². The standard InChI is InChI=1S/C37H48O6S/c1-3-4-5-6-7-8-9-16-21-34(43-37(38)31-19-14-11-15-20-31)35-26-33(44(39,40)32-24-22-29(2)23-25-32)27-36(42-35)41-28-30-17-12-10-13-18-30/h10-15,17-20,22-25,33-36H,3-9,16,21,26-28H2,1-2H3. The summed E-state index contributed by atoms with van der Waals surface area (Å²) in [6.45, 7) is 4.45. The zero-order chi connectivity index (χ0) is 31.2. The van der Waals surface area contributed by atoms with Gasteiger partial charge in [0.25, 0.3) is 0 Å². The minimum Gasteiger partial charge on any atom is -0.456 e. The lowest BCUT2D eigenvalue weighted by atomic mass is 9.97. The molecule has 0 saturated carbocycles. The Morgan fingerprint density at radius 2 is 1.43 bits per heavy atom. The van der Waals surface area contributed by atoms with Crippen molar-refractivity contribution in [2.75, 3.05) is 0 Å². The highest BCUT2D eigenvalue weighted by atomic mass is 32.2. The van der Waals surface area contributed by atoms with Crippen LogP contribution in [0.1, 0.15) is 99.0 Å². The maximum atomic E-state index is 13.9. The van der Waals surface area contributed by atoms with Crippen LogP contribution in [0.5, 0.6) is 0 Å². The zero-order valence-electron chi connectivity index (χ0n) is 26.2. The Bertz CT molecular complexity index is 1360. The molecule has 7 heteroatoms. The number of benzene rings is 3. The number of carbonyl (C=O) groups is 1. The molecule has 0 radical (unpaired) electrons. The van der Waals surface area contributed by atoms with Crippen molar-refractivity contribution in [3.05, 3.63) is 102 Å². The molecule has 1 aliphatic rings. The van der Waals surface area contributed by atoms with Gasteiger partial charge in [-0.1, -0.05) is 118 Å². The third kappa shape index (κ3) is 10.3. The molecule has 6 nitrogen and oxygen atoms in total. The molecule has 4 rings (SSSR count). The lowest BCUT2D eigenvalue weighted by Crippen LogP contribution is -2.47. The minimum atomic E-state index is -3.68. The summed E-state index contributed by atoms with van der Waals surface area (Å²) in [5, 5.41) is -0.735. The van der Waals surface area contributed by atoms with Crippen molar-refractivity contribution in [2.45, 2.75) is 120 Å². The summed E-state index contributed by atoms with van der Waals surface area (Å²) in [4.78, 5) is 13.5. The number of carbonyl (C=O) groups excluding carboxylic acids is 1. The summed E-state index contributed by atoms with van der Waals surface area (Å²) in [6, 6.07) is 25.7. The van der Waals surface area contributed by atoms with Gasteiger partial charge in [0.05, 0.1) is 28.4 Å². The predicted molar refractivity (Wildman–Crippen MR) is 174 cm³/mol. The summed E-state index contributed by atoms with van der Waals surface area (Å²) in [5.74, 6) is -0.427.